The standard InChI is InChI=1S/C24H20ClN3O3/c1-31-20-9-5-6-16(14-20)15-28-22(17-7-3-2-4-8-17)21(24(30)27-28)26-23(29)18-10-12-19(25)13-11-18/h2-15,21-22H,1H3,(H-,26,27,29,30)/p+1/b28-15-/t21-,22+/m0/s1. The quantitative estimate of drug-likeness (QED) is 0.605. The SMILES string of the molecule is COc1cccc(/C=[N+]2\NC(=O)[C@@H](NC(=O)c3ccc(Cl)cc3)[C@H]2c2ccccc2)c1. The lowest BCUT2D eigenvalue weighted by Gasteiger charge is -2.14. The number of amides is 2. The molecule has 3 aromatic carbocycles. The van der Waals surface area contributed by atoms with E-state index < -0.39 is 12.1 Å². The van der Waals surface area contributed by atoms with Gasteiger partial charge in [0.25, 0.3) is 5.91 Å². The molecule has 31 heavy (non-hydrogen) atoms. The van der Waals surface area contributed by atoms with E-state index in [1.54, 1.807) is 36.1 Å². The minimum absolute atomic E-state index is 0.296. The average molecular weight is 435 g/mol. The molecular formula is C24H21ClN3O3+. The summed E-state index contributed by atoms with van der Waals surface area (Å²) in [6.07, 6.45) is 1.83. The highest BCUT2D eigenvalue weighted by Gasteiger charge is 2.47. The number of hydrazine groups is 1. The van der Waals surface area contributed by atoms with Crippen molar-refractivity contribution in [2.24, 2.45) is 0 Å². The predicted octanol–water partition coefficient (Wildman–Crippen LogP) is 3.36. The van der Waals surface area contributed by atoms with E-state index in [1.165, 1.54) is 0 Å². The van der Waals surface area contributed by atoms with Gasteiger partial charge in [0.05, 0.1) is 7.11 Å². The van der Waals surface area contributed by atoms with Crippen LogP contribution in [0.4, 0.5) is 0 Å². The Balaban J connectivity index is 1.68. The highest BCUT2D eigenvalue weighted by molar-refractivity contribution is 6.30. The van der Waals surface area contributed by atoms with Crippen molar-refractivity contribution in [3.05, 3.63) is 101 Å². The third-order valence-corrected chi connectivity index (χ3v) is 5.31. The normalized spacial score (nSPS) is 19.2. The van der Waals surface area contributed by atoms with Crippen LogP contribution in [-0.4, -0.2) is 35.9 Å². The smallest absolute Gasteiger partial charge is 0.304 e. The monoisotopic (exact) mass is 434 g/mol. The summed E-state index contributed by atoms with van der Waals surface area (Å²) in [5, 5.41) is 3.41. The van der Waals surface area contributed by atoms with Gasteiger partial charge in [-0.1, -0.05) is 48.0 Å². The first-order chi connectivity index (χ1) is 15.0. The minimum atomic E-state index is -0.785. The highest BCUT2D eigenvalue weighted by atomic mass is 35.5. The van der Waals surface area contributed by atoms with Gasteiger partial charge in [-0.2, -0.15) is 0 Å². The molecule has 0 aliphatic carbocycles. The molecule has 0 bridgehead atoms. The lowest BCUT2D eigenvalue weighted by atomic mass is 10.00. The van der Waals surface area contributed by atoms with Gasteiger partial charge in [-0.05, 0) is 42.5 Å². The number of carbonyl (C=O) groups excluding carboxylic acids is 2. The number of nitrogens with zero attached hydrogens (tertiary/aromatic N) is 1. The second kappa shape index (κ2) is 9.02. The van der Waals surface area contributed by atoms with E-state index in [1.807, 2.05) is 60.8 Å². The molecule has 3 aromatic rings. The summed E-state index contributed by atoms with van der Waals surface area (Å²) in [4.78, 5) is 25.7. The van der Waals surface area contributed by atoms with Gasteiger partial charge < -0.3 is 10.1 Å². The fraction of sp³-hybridized carbons (Fsp3) is 0.125. The molecule has 1 saturated heterocycles. The Bertz CT molecular complexity index is 1130. The lowest BCUT2D eigenvalue weighted by molar-refractivity contribution is -0.596. The molecule has 1 heterocycles. The molecule has 0 aromatic heterocycles. The van der Waals surface area contributed by atoms with Gasteiger partial charge >= 0.3 is 5.91 Å². The van der Waals surface area contributed by atoms with Crippen molar-refractivity contribution >= 4 is 29.6 Å². The number of hydrogen-bond acceptors (Lipinski definition) is 3. The van der Waals surface area contributed by atoms with Crippen LogP contribution in [-0.2, 0) is 4.79 Å². The van der Waals surface area contributed by atoms with Crippen molar-refractivity contribution in [3.8, 4) is 5.75 Å². The molecule has 2 amide bonds. The van der Waals surface area contributed by atoms with Crippen LogP contribution in [0.5, 0.6) is 5.75 Å². The van der Waals surface area contributed by atoms with Crippen molar-refractivity contribution in [2.75, 3.05) is 7.11 Å². The van der Waals surface area contributed by atoms with Crippen LogP contribution in [0.3, 0.4) is 0 Å². The summed E-state index contributed by atoms with van der Waals surface area (Å²) in [5.74, 6) is 0.0689. The molecule has 6 nitrogen and oxygen atoms in total. The van der Waals surface area contributed by atoms with E-state index in [-0.39, 0.29) is 11.8 Å². The summed E-state index contributed by atoms with van der Waals surface area (Å²) in [7, 11) is 1.60. The van der Waals surface area contributed by atoms with Crippen molar-refractivity contribution in [2.45, 2.75) is 12.1 Å². The molecule has 156 valence electrons. The van der Waals surface area contributed by atoms with E-state index in [4.69, 9.17) is 16.3 Å². The van der Waals surface area contributed by atoms with Crippen LogP contribution in [0.15, 0.2) is 78.9 Å². The van der Waals surface area contributed by atoms with Crippen LogP contribution >= 0.6 is 11.6 Å². The van der Waals surface area contributed by atoms with Crippen molar-refractivity contribution in [1.29, 1.82) is 0 Å². The van der Waals surface area contributed by atoms with Crippen molar-refractivity contribution in [1.82, 2.24) is 10.7 Å². The van der Waals surface area contributed by atoms with Crippen LogP contribution < -0.4 is 15.5 Å². The first-order valence-corrected chi connectivity index (χ1v) is 10.1. The van der Waals surface area contributed by atoms with Crippen molar-refractivity contribution in [3.63, 3.8) is 0 Å². The highest BCUT2D eigenvalue weighted by Crippen LogP contribution is 2.25. The van der Waals surface area contributed by atoms with Gasteiger partial charge in [0.2, 0.25) is 12.3 Å². The van der Waals surface area contributed by atoms with Gasteiger partial charge in [-0.3, -0.25) is 9.59 Å². The fourth-order valence-electron chi connectivity index (χ4n) is 3.54. The van der Waals surface area contributed by atoms with Crippen LogP contribution in [0.1, 0.15) is 27.5 Å². The molecule has 0 unspecified atom stereocenters. The number of benzene rings is 3. The molecule has 2 N–H and O–H groups in total. The molecular weight excluding hydrogens is 414 g/mol. The Labute approximate surface area is 185 Å². The number of rotatable bonds is 5. The number of nitrogens with one attached hydrogen (secondary N) is 2. The van der Waals surface area contributed by atoms with Crippen LogP contribution in [0, 0.1) is 0 Å². The molecule has 0 saturated carbocycles. The predicted molar refractivity (Wildman–Crippen MR) is 118 cm³/mol. The largest absolute Gasteiger partial charge is 0.497 e. The number of ether oxygens (including phenoxy) is 1. The summed E-state index contributed by atoms with van der Waals surface area (Å²) in [6.45, 7) is 0. The van der Waals surface area contributed by atoms with Crippen molar-refractivity contribution < 1.29 is 19.0 Å². The number of halogens is 1. The minimum Gasteiger partial charge on any atom is -0.497 e. The van der Waals surface area contributed by atoms with Gasteiger partial charge in [-0.25, -0.2) is 0 Å². The Morgan fingerprint density at radius 1 is 1.06 bits per heavy atom. The Hall–Kier alpha value is -3.64. The molecule has 0 radical (unpaired) electrons. The third-order valence-electron chi connectivity index (χ3n) is 5.05. The maximum absolute atomic E-state index is 12.9. The first-order valence-electron chi connectivity index (χ1n) is 9.74. The van der Waals surface area contributed by atoms with E-state index in [0.29, 0.717) is 16.3 Å². The van der Waals surface area contributed by atoms with E-state index >= 15 is 0 Å². The van der Waals surface area contributed by atoms with Crippen LogP contribution in [0.25, 0.3) is 0 Å². The summed E-state index contributed by atoms with van der Waals surface area (Å²) < 4.78 is 7.01. The van der Waals surface area contributed by atoms with E-state index in [9.17, 15) is 9.59 Å². The topological polar surface area (TPSA) is 70.4 Å². The van der Waals surface area contributed by atoms with Crippen LogP contribution in [0.2, 0.25) is 5.02 Å². The van der Waals surface area contributed by atoms with Gasteiger partial charge in [0.1, 0.15) is 5.75 Å². The molecule has 1 aliphatic rings. The maximum Gasteiger partial charge on any atom is 0.304 e. The second-order valence-electron chi connectivity index (χ2n) is 7.10. The molecule has 1 fully saturated rings. The maximum atomic E-state index is 12.9. The lowest BCUT2D eigenvalue weighted by Crippen LogP contribution is -2.42. The van der Waals surface area contributed by atoms with Gasteiger partial charge in [0.15, 0.2) is 6.04 Å². The molecule has 0 spiro atoms. The molecule has 2 atom stereocenters. The summed E-state index contributed by atoms with van der Waals surface area (Å²) in [5.41, 5.74) is 5.04. The Kier molecular flexibility index (Phi) is 6.00. The zero-order valence-corrected chi connectivity index (χ0v) is 17.5. The molecule has 4 rings (SSSR count). The fourth-order valence-corrected chi connectivity index (χ4v) is 3.66. The molecule has 7 heteroatoms. The Morgan fingerprint density at radius 2 is 1.81 bits per heavy atom. The van der Waals surface area contributed by atoms with E-state index in [0.717, 1.165) is 11.1 Å². The Morgan fingerprint density at radius 3 is 2.52 bits per heavy atom. The average Bonchev–Trinajstić information content (AvgIpc) is 3.09. The second-order valence-corrected chi connectivity index (χ2v) is 7.54. The van der Waals surface area contributed by atoms with Gasteiger partial charge in [0, 0.05) is 21.7 Å². The summed E-state index contributed by atoms with van der Waals surface area (Å²) in [6, 6.07) is 22.4. The number of methoxy groups -OCH3 is 1. The zero-order valence-electron chi connectivity index (χ0n) is 16.8. The van der Waals surface area contributed by atoms with E-state index in [2.05, 4.69) is 10.7 Å². The summed E-state index contributed by atoms with van der Waals surface area (Å²) >= 11 is 5.92. The molecule has 1 aliphatic heterocycles. The number of carbonyl (C=O) groups is 2. The van der Waals surface area contributed by atoms with Gasteiger partial charge in [-0.15, -0.1) is 10.1 Å². The first kappa shape index (κ1) is 20.6. The number of hydrogen-bond donors (Lipinski definition) is 2. The zero-order chi connectivity index (χ0) is 21.8. The number of hydrazone groups is 1. The third kappa shape index (κ3) is 4.59.